The van der Waals surface area contributed by atoms with E-state index in [4.69, 9.17) is 7.85 Å². The summed E-state index contributed by atoms with van der Waals surface area (Å²) in [7, 11) is 6.07. The minimum Gasteiger partial charge on any atom is -0.464 e. The van der Waals surface area contributed by atoms with Crippen molar-refractivity contribution in [1.82, 2.24) is 10.2 Å². The summed E-state index contributed by atoms with van der Waals surface area (Å²) in [4.78, 5) is 10.8. The van der Waals surface area contributed by atoms with Crippen LogP contribution < -0.4 is 5.46 Å². The van der Waals surface area contributed by atoms with Crippen LogP contribution in [0.5, 0.6) is 0 Å². The Labute approximate surface area is 77.8 Å². The molecule has 0 saturated heterocycles. The highest BCUT2D eigenvalue weighted by Crippen LogP contribution is 2.26. The molecule has 1 heterocycles. The molecule has 0 aliphatic heterocycles. The van der Waals surface area contributed by atoms with Crippen molar-refractivity contribution < 1.29 is 22.7 Å². The van der Waals surface area contributed by atoms with Gasteiger partial charge in [-0.2, -0.15) is 18.3 Å². The standard InChI is InChI=1S/C6H4BF3N2O2/c1-14-5(13)3-2(7)4(12-11-3)6(8,9)10/h1H3,(H,11,12). The van der Waals surface area contributed by atoms with Gasteiger partial charge in [0.05, 0.1) is 7.11 Å². The third-order valence-electron chi connectivity index (χ3n) is 1.47. The first-order valence-electron chi connectivity index (χ1n) is 3.37. The monoisotopic (exact) mass is 204 g/mol. The van der Waals surface area contributed by atoms with E-state index in [2.05, 4.69) is 9.84 Å². The molecule has 0 fully saturated rings. The van der Waals surface area contributed by atoms with Gasteiger partial charge in [-0.05, 0) is 5.46 Å². The number of rotatable bonds is 1. The number of carbonyl (C=O) groups excluding carboxylic acids is 1. The molecule has 74 valence electrons. The number of hydrogen-bond donors (Lipinski definition) is 1. The van der Waals surface area contributed by atoms with Crippen molar-refractivity contribution >= 4 is 19.3 Å². The molecule has 0 saturated carbocycles. The summed E-state index contributed by atoms with van der Waals surface area (Å²) in [6.07, 6.45) is -4.66. The Hall–Kier alpha value is -1.47. The van der Waals surface area contributed by atoms with Crippen molar-refractivity contribution in [2.75, 3.05) is 7.11 Å². The number of methoxy groups -OCH3 is 1. The van der Waals surface area contributed by atoms with Crippen molar-refractivity contribution in [2.45, 2.75) is 6.18 Å². The quantitative estimate of drug-likeness (QED) is 0.517. The van der Waals surface area contributed by atoms with E-state index < -0.39 is 29.0 Å². The number of ether oxygens (including phenoxy) is 1. The van der Waals surface area contributed by atoms with Crippen LogP contribution in [0.1, 0.15) is 16.2 Å². The molecule has 0 amide bonds. The van der Waals surface area contributed by atoms with Gasteiger partial charge in [0, 0.05) is 0 Å². The maximum Gasteiger partial charge on any atom is 0.432 e. The number of nitrogens with one attached hydrogen (secondary N) is 1. The number of alkyl halides is 3. The molecule has 0 unspecified atom stereocenters. The molecular weight excluding hydrogens is 200 g/mol. The van der Waals surface area contributed by atoms with E-state index in [9.17, 15) is 18.0 Å². The van der Waals surface area contributed by atoms with Crippen LogP contribution in [-0.2, 0) is 10.9 Å². The number of aromatic amines is 1. The maximum absolute atomic E-state index is 12.1. The summed E-state index contributed by atoms with van der Waals surface area (Å²) in [5.41, 5.74) is -2.58. The summed E-state index contributed by atoms with van der Waals surface area (Å²) in [6.45, 7) is 0. The smallest absolute Gasteiger partial charge is 0.432 e. The fourth-order valence-electron chi connectivity index (χ4n) is 0.819. The van der Waals surface area contributed by atoms with Gasteiger partial charge in [0.25, 0.3) is 0 Å². The Bertz CT molecular complexity index is 360. The second kappa shape index (κ2) is 3.35. The molecular formula is C6H4BF3N2O2. The third-order valence-corrected chi connectivity index (χ3v) is 1.47. The van der Waals surface area contributed by atoms with E-state index in [0.29, 0.717) is 0 Å². The van der Waals surface area contributed by atoms with Crippen LogP contribution in [0.3, 0.4) is 0 Å². The van der Waals surface area contributed by atoms with Gasteiger partial charge in [-0.25, -0.2) is 4.79 Å². The summed E-state index contributed by atoms with van der Waals surface area (Å²) >= 11 is 0. The average Bonchev–Trinajstić information content (AvgIpc) is 2.45. The predicted molar refractivity (Wildman–Crippen MR) is 40.3 cm³/mol. The zero-order valence-electron chi connectivity index (χ0n) is 6.97. The van der Waals surface area contributed by atoms with Crippen LogP contribution in [0, 0.1) is 0 Å². The highest BCUT2D eigenvalue weighted by Gasteiger charge is 2.36. The van der Waals surface area contributed by atoms with Gasteiger partial charge < -0.3 is 4.74 Å². The van der Waals surface area contributed by atoms with Crippen LogP contribution in [0.2, 0.25) is 0 Å². The molecule has 0 aliphatic rings. The highest BCUT2D eigenvalue weighted by molar-refractivity contribution is 6.36. The fourth-order valence-corrected chi connectivity index (χ4v) is 0.819. The Morgan fingerprint density at radius 2 is 2.14 bits per heavy atom. The zero-order chi connectivity index (χ0) is 10.9. The van der Waals surface area contributed by atoms with Crippen molar-refractivity contribution in [3.8, 4) is 0 Å². The number of esters is 1. The second-order valence-corrected chi connectivity index (χ2v) is 2.35. The number of carbonyl (C=O) groups is 1. The highest BCUT2D eigenvalue weighted by atomic mass is 19.4. The Balaban J connectivity index is 3.15. The molecule has 2 radical (unpaired) electrons. The van der Waals surface area contributed by atoms with Gasteiger partial charge >= 0.3 is 12.1 Å². The number of hydrogen-bond acceptors (Lipinski definition) is 3. The lowest BCUT2D eigenvalue weighted by Gasteiger charge is -2.03. The van der Waals surface area contributed by atoms with E-state index in [1.54, 1.807) is 5.10 Å². The first-order valence-corrected chi connectivity index (χ1v) is 3.37. The van der Waals surface area contributed by atoms with Gasteiger partial charge in [0.1, 0.15) is 13.5 Å². The first kappa shape index (κ1) is 10.6. The van der Waals surface area contributed by atoms with Gasteiger partial charge in [0.15, 0.2) is 5.69 Å². The number of H-pyrrole nitrogens is 1. The Kier molecular flexibility index (Phi) is 2.54. The lowest BCUT2D eigenvalue weighted by Crippen LogP contribution is -2.23. The van der Waals surface area contributed by atoms with Crippen molar-refractivity contribution in [2.24, 2.45) is 0 Å². The molecule has 1 rings (SSSR count). The number of halogens is 3. The number of nitrogens with zero attached hydrogens (tertiary/aromatic N) is 1. The van der Waals surface area contributed by atoms with E-state index in [1.807, 2.05) is 0 Å². The maximum atomic E-state index is 12.1. The molecule has 1 aromatic rings. The lowest BCUT2D eigenvalue weighted by molar-refractivity contribution is -0.140. The van der Waals surface area contributed by atoms with Gasteiger partial charge in [-0.1, -0.05) is 0 Å². The normalized spacial score (nSPS) is 11.4. The molecule has 0 spiro atoms. The molecule has 0 atom stereocenters. The average molecular weight is 204 g/mol. The lowest BCUT2D eigenvalue weighted by atomic mass is 9.93. The van der Waals surface area contributed by atoms with Crippen LogP contribution in [0.25, 0.3) is 0 Å². The Morgan fingerprint density at radius 3 is 2.50 bits per heavy atom. The largest absolute Gasteiger partial charge is 0.464 e. The molecule has 14 heavy (non-hydrogen) atoms. The van der Waals surface area contributed by atoms with Crippen molar-refractivity contribution in [1.29, 1.82) is 0 Å². The molecule has 0 bridgehead atoms. The predicted octanol–water partition coefficient (Wildman–Crippen LogP) is 0.00890. The molecule has 1 N–H and O–H groups in total. The number of aromatic nitrogens is 2. The van der Waals surface area contributed by atoms with E-state index in [-0.39, 0.29) is 0 Å². The summed E-state index contributed by atoms with van der Waals surface area (Å²) in [5, 5.41) is 4.74. The Morgan fingerprint density at radius 1 is 1.57 bits per heavy atom. The third kappa shape index (κ3) is 1.73. The fraction of sp³-hybridized carbons (Fsp3) is 0.333. The van der Waals surface area contributed by atoms with Gasteiger partial charge in [0.2, 0.25) is 0 Å². The minimum absolute atomic E-state index is 0.570. The molecule has 8 heteroatoms. The van der Waals surface area contributed by atoms with E-state index >= 15 is 0 Å². The molecule has 0 aromatic carbocycles. The topological polar surface area (TPSA) is 55.0 Å². The minimum atomic E-state index is -4.66. The SMILES string of the molecule is [B]c1c(C(=O)OC)n[nH]c1C(F)(F)F. The van der Waals surface area contributed by atoms with E-state index in [0.717, 1.165) is 7.11 Å². The second-order valence-electron chi connectivity index (χ2n) is 2.35. The van der Waals surface area contributed by atoms with Crippen LogP contribution in [0.15, 0.2) is 0 Å². The molecule has 1 aromatic heterocycles. The summed E-state index contributed by atoms with van der Waals surface area (Å²) in [6, 6.07) is 0. The first-order chi connectivity index (χ1) is 6.38. The van der Waals surface area contributed by atoms with Crippen LogP contribution >= 0.6 is 0 Å². The zero-order valence-corrected chi connectivity index (χ0v) is 6.97. The van der Waals surface area contributed by atoms with Gasteiger partial charge in [-0.3, -0.25) is 5.10 Å². The van der Waals surface area contributed by atoms with Crippen molar-refractivity contribution in [3.63, 3.8) is 0 Å². The summed E-state index contributed by atoms with van der Waals surface area (Å²) < 4.78 is 40.6. The summed E-state index contributed by atoms with van der Waals surface area (Å²) in [5.74, 6) is -1.02. The van der Waals surface area contributed by atoms with Crippen molar-refractivity contribution in [3.05, 3.63) is 11.4 Å². The van der Waals surface area contributed by atoms with Crippen LogP contribution in [0.4, 0.5) is 13.2 Å². The molecule has 0 aliphatic carbocycles. The van der Waals surface area contributed by atoms with E-state index in [1.165, 1.54) is 0 Å². The van der Waals surface area contributed by atoms with Gasteiger partial charge in [-0.15, -0.1) is 0 Å². The van der Waals surface area contributed by atoms with Crippen LogP contribution in [-0.4, -0.2) is 31.1 Å². The molecule has 4 nitrogen and oxygen atoms in total.